The van der Waals surface area contributed by atoms with Gasteiger partial charge in [-0.05, 0) is 30.3 Å². The highest BCUT2D eigenvalue weighted by Crippen LogP contribution is 2.15. The second kappa shape index (κ2) is 7.08. The highest BCUT2D eigenvalue weighted by Gasteiger charge is 2.13. The van der Waals surface area contributed by atoms with Gasteiger partial charge in [0, 0.05) is 19.5 Å². The van der Waals surface area contributed by atoms with E-state index < -0.39 is 0 Å². The Kier molecular flexibility index (Phi) is 4.25. The first kappa shape index (κ1) is 18.0. The van der Waals surface area contributed by atoms with Crippen molar-refractivity contribution in [2.24, 2.45) is 0 Å². The average Bonchev–Trinajstić information content (AvgIpc) is 3.42. The molecule has 150 valence electrons. The van der Waals surface area contributed by atoms with E-state index in [1.54, 1.807) is 56.1 Å². The first-order valence-corrected chi connectivity index (χ1v) is 9.12. The van der Waals surface area contributed by atoms with Gasteiger partial charge in [0.15, 0.2) is 5.82 Å². The molecule has 0 aromatic carbocycles. The van der Waals surface area contributed by atoms with Crippen LogP contribution in [0.2, 0.25) is 0 Å². The molecule has 10 heteroatoms. The molecular weight excluding hydrogens is 388 g/mol. The van der Waals surface area contributed by atoms with Crippen LogP contribution in [0.5, 0.6) is 0 Å². The molecule has 0 aliphatic carbocycles. The van der Waals surface area contributed by atoms with Crippen LogP contribution in [-0.2, 0) is 17.9 Å². The van der Waals surface area contributed by atoms with Crippen molar-refractivity contribution < 1.29 is 9.15 Å². The molecule has 0 bridgehead atoms. The van der Waals surface area contributed by atoms with Crippen molar-refractivity contribution in [3.63, 3.8) is 0 Å². The van der Waals surface area contributed by atoms with Crippen LogP contribution in [-0.4, -0.2) is 36.4 Å². The van der Waals surface area contributed by atoms with Crippen molar-refractivity contribution in [2.45, 2.75) is 13.2 Å². The monoisotopic (exact) mass is 404 g/mol. The maximum atomic E-state index is 13.1. The molecule has 0 aliphatic rings. The molecule has 1 N–H and O–H groups in total. The number of fused-ring (bicyclic) bond motifs is 2. The first-order valence-electron chi connectivity index (χ1n) is 9.12. The van der Waals surface area contributed by atoms with Gasteiger partial charge in [-0.3, -0.25) is 14.7 Å². The zero-order valence-corrected chi connectivity index (χ0v) is 15.9. The van der Waals surface area contributed by atoms with E-state index in [9.17, 15) is 9.59 Å². The fourth-order valence-corrected chi connectivity index (χ4v) is 3.31. The Morgan fingerprint density at radius 2 is 1.87 bits per heavy atom. The Morgan fingerprint density at radius 1 is 1.07 bits per heavy atom. The molecule has 5 aromatic rings. The Morgan fingerprint density at radius 3 is 2.63 bits per heavy atom. The molecule has 0 radical (unpaired) electrons. The summed E-state index contributed by atoms with van der Waals surface area (Å²) in [6.07, 6.45) is 4.78. The third kappa shape index (κ3) is 2.99. The number of pyridine rings is 3. The topological polar surface area (TPSA) is 121 Å². The first-order chi connectivity index (χ1) is 14.6. The summed E-state index contributed by atoms with van der Waals surface area (Å²) < 4.78 is 13.2. The largest absolute Gasteiger partial charge is 0.467 e. The third-order valence-corrected chi connectivity index (χ3v) is 4.74. The number of ether oxygens (including phenoxy) is 1. The molecule has 0 saturated carbocycles. The summed E-state index contributed by atoms with van der Waals surface area (Å²) in [4.78, 5) is 34.8. The van der Waals surface area contributed by atoms with E-state index in [4.69, 9.17) is 9.15 Å². The highest BCUT2D eigenvalue weighted by atomic mass is 16.5. The van der Waals surface area contributed by atoms with Crippen molar-refractivity contribution in [3.8, 4) is 5.95 Å². The number of aromatic nitrogens is 6. The molecule has 0 unspecified atom stereocenters. The van der Waals surface area contributed by atoms with Crippen LogP contribution >= 0.6 is 0 Å². The van der Waals surface area contributed by atoms with Crippen molar-refractivity contribution >= 4 is 21.8 Å². The number of H-pyrrole nitrogens is 1. The molecule has 5 heterocycles. The fourth-order valence-electron chi connectivity index (χ4n) is 3.31. The number of furan rings is 1. The highest BCUT2D eigenvalue weighted by molar-refractivity contribution is 5.91. The molecule has 0 aliphatic heterocycles. The van der Waals surface area contributed by atoms with Gasteiger partial charge in [-0.2, -0.15) is 4.98 Å². The van der Waals surface area contributed by atoms with Crippen molar-refractivity contribution in [1.29, 1.82) is 0 Å². The van der Waals surface area contributed by atoms with E-state index in [-0.39, 0.29) is 30.2 Å². The van der Waals surface area contributed by atoms with Gasteiger partial charge in [0.2, 0.25) is 0 Å². The molecule has 0 fully saturated rings. The quantitative estimate of drug-likeness (QED) is 0.442. The minimum atomic E-state index is -0.370. The van der Waals surface area contributed by atoms with Crippen LogP contribution in [0.3, 0.4) is 0 Å². The van der Waals surface area contributed by atoms with Crippen LogP contribution in [0.1, 0.15) is 11.6 Å². The Bertz CT molecular complexity index is 1480. The number of nitrogens with zero attached hydrogens (tertiary/aromatic N) is 5. The summed E-state index contributed by atoms with van der Waals surface area (Å²) in [5.41, 5.74) is 0.374. The zero-order chi connectivity index (χ0) is 20.7. The average molecular weight is 404 g/mol. The van der Waals surface area contributed by atoms with Crippen molar-refractivity contribution in [2.75, 3.05) is 7.11 Å². The van der Waals surface area contributed by atoms with Gasteiger partial charge >= 0.3 is 0 Å². The maximum Gasteiger partial charge on any atom is 0.267 e. The third-order valence-electron chi connectivity index (χ3n) is 4.74. The SMILES string of the molecule is COCc1nc(-n2ccc3nc4ccn(Cc5ccco5)c(=O)c4cc3c2=O)n[nH]1. The second-order valence-electron chi connectivity index (χ2n) is 6.69. The normalized spacial score (nSPS) is 11.5. The summed E-state index contributed by atoms with van der Waals surface area (Å²) in [5, 5.41) is 7.43. The van der Waals surface area contributed by atoms with Gasteiger partial charge in [0.25, 0.3) is 17.1 Å². The summed E-state index contributed by atoms with van der Waals surface area (Å²) in [6, 6.07) is 8.57. The Labute approximate surface area is 168 Å². The van der Waals surface area contributed by atoms with E-state index in [0.29, 0.717) is 33.4 Å². The Hall–Kier alpha value is -4.05. The number of rotatable bonds is 5. The lowest BCUT2D eigenvalue weighted by Gasteiger charge is -2.07. The standard InChI is InChI=1S/C20H16N6O4/c1-29-11-17-22-20(24-23-17)26-7-5-16-14(19(26)28)9-13-15(21-16)4-6-25(18(13)27)10-12-3-2-8-30-12/h2-9H,10-11H2,1H3,(H,22,23,24). The molecule has 5 aromatic heterocycles. The van der Waals surface area contributed by atoms with E-state index >= 15 is 0 Å². The smallest absolute Gasteiger partial charge is 0.267 e. The van der Waals surface area contributed by atoms with Gasteiger partial charge in [-0.25, -0.2) is 9.55 Å². The van der Waals surface area contributed by atoms with E-state index in [1.165, 1.54) is 9.13 Å². The summed E-state index contributed by atoms with van der Waals surface area (Å²) >= 11 is 0. The lowest BCUT2D eigenvalue weighted by molar-refractivity contribution is 0.178. The molecule has 5 rings (SSSR count). The summed E-state index contributed by atoms with van der Waals surface area (Å²) in [7, 11) is 1.54. The van der Waals surface area contributed by atoms with Crippen LogP contribution in [0.15, 0.2) is 63.0 Å². The molecule has 30 heavy (non-hydrogen) atoms. The van der Waals surface area contributed by atoms with Gasteiger partial charge in [0.05, 0.1) is 34.6 Å². The molecular formula is C20H16N6O4. The minimum Gasteiger partial charge on any atom is -0.467 e. The number of hydrogen-bond acceptors (Lipinski definition) is 7. The summed E-state index contributed by atoms with van der Waals surface area (Å²) in [6.45, 7) is 0.537. The van der Waals surface area contributed by atoms with Crippen LogP contribution in [0, 0.1) is 0 Å². The van der Waals surface area contributed by atoms with Crippen LogP contribution in [0.4, 0.5) is 0 Å². The van der Waals surface area contributed by atoms with E-state index in [1.807, 2.05) is 0 Å². The molecule has 0 amide bonds. The van der Waals surface area contributed by atoms with Crippen LogP contribution in [0.25, 0.3) is 27.8 Å². The maximum absolute atomic E-state index is 13.1. The van der Waals surface area contributed by atoms with Gasteiger partial charge < -0.3 is 13.7 Å². The Balaban J connectivity index is 1.66. The fraction of sp³-hybridized carbons (Fsp3) is 0.150. The molecule has 0 saturated heterocycles. The van der Waals surface area contributed by atoms with Gasteiger partial charge in [0.1, 0.15) is 12.4 Å². The lowest BCUT2D eigenvalue weighted by atomic mass is 10.2. The second-order valence-corrected chi connectivity index (χ2v) is 6.69. The lowest BCUT2D eigenvalue weighted by Crippen LogP contribution is -2.22. The molecule has 0 atom stereocenters. The van der Waals surface area contributed by atoms with Crippen molar-refractivity contribution in [1.82, 2.24) is 29.3 Å². The summed E-state index contributed by atoms with van der Waals surface area (Å²) in [5.74, 6) is 1.35. The zero-order valence-electron chi connectivity index (χ0n) is 15.9. The van der Waals surface area contributed by atoms with Crippen LogP contribution < -0.4 is 11.1 Å². The molecule has 0 spiro atoms. The number of methoxy groups -OCH3 is 1. The predicted molar refractivity (Wildman–Crippen MR) is 108 cm³/mol. The molecule has 10 nitrogen and oxygen atoms in total. The number of aromatic amines is 1. The number of hydrogen-bond donors (Lipinski definition) is 1. The minimum absolute atomic E-state index is 0.192. The van der Waals surface area contributed by atoms with E-state index in [0.717, 1.165) is 0 Å². The van der Waals surface area contributed by atoms with Gasteiger partial charge in [-0.1, -0.05) is 0 Å². The van der Waals surface area contributed by atoms with Crippen molar-refractivity contribution in [3.05, 3.63) is 81.3 Å². The number of nitrogens with one attached hydrogen (secondary N) is 1. The van der Waals surface area contributed by atoms with E-state index in [2.05, 4.69) is 20.2 Å². The van der Waals surface area contributed by atoms with Gasteiger partial charge in [-0.15, -0.1) is 5.10 Å². The predicted octanol–water partition coefficient (Wildman–Crippen LogP) is 1.61.